The van der Waals surface area contributed by atoms with Gasteiger partial charge in [-0.25, -0.2) is 4.79 Å². The number of anilines is 1. The highest BCUT2D eigenvalue weighted by Crippen LogP contribution is 2.24. The Morgan fingerprint density at radius 2 is 1.92 bits per heavy atom. The molecule has 1 N–H and O–H groups in total. The van der Waals surface area contributed by atoms with Gasteiger partial charge in [-0.1, -0.05) is 47.1 Å². The Bertz CT molecular complexity index is 850. The molecular formula is C18H15ClN2O4. The van der Waals surface area contributed by atoms with E-state index in [1.165, 1.54) is 7.11 Å². The predicted molar refractivity (Wildman–Crippen MR) is 93.9 cm³/mol. The number of carbonyl (C=O) groups excluding carboxylic acids is 2. The predicted octanol–water partition coefficient (Wildman–Crippen LogP) is 3.26. The summed E-state index contributed by atoms with van der Waals surface area (Å²) in [5, 5.41) is 7.19. The lowest BCUT2D eigenvalue weighted by molar-refractivity contribution is -0.125. The maximum atomic E-state index is 12.4. The molecule has 7 heteroatoms. The first-order valence-electron chi connectivity index (χ1n) is 7.56. The van der Waals surface area contributed by atoms with E-state index in [1.54, 1.807) is 30.3 Å². The van der Waals surface area contributed by atoms with Crippen molar-refractivity contribution in [2.45, 2.75) is 12.5 Å². The fourth-order valence-corrected chi connectivity index (χ4v) is 2.71. The maximum Gasteiger partial charge on any atom is 0.339 e. The smallest absolute Gasteiger partial charge is 0.339 e. The van der Waals surface area contributed by atoms with E-state index >= 15 is 0 Å². The van der Waals surface area contributed by atoms with Gasteiger partial charge in [0, 0.05) is 17.0 Å². The number of para-hydroxylation sites is 1. The number of oxime groups is 1. The van der Waals surface area contributed by atoms with Crippen LogP contribution < -0.4 is 5.32 Å². The molecule has 0 saturated heterocycles. The van der Waals surface area contributed by atoms with Crippen molar-refractivity contribution in [3.05, 3.63) is 64.7 Å². The van der Waals surface area contributed by atoms with Gasteiger partial charge in [0.1, 0.15) is 0 Å². The molecule has 0 saturated carbocycles. The fourth-order valence-electron chi connectivity index (χ4n) is 2.47. The molecule has 3 rings (SSSR count). The Morgan fingerprint density at radius 1 is 1.20 bits per heavy atom. The molecule has 0 bridgehead atoms. The number of hydrogen-bond donors (Lipinski definition) is 1. The summed E-state index contributed by atoms with van der Waals surface area (Å²) >= 11 is 6.14. The third kappa shape index (κ3) is 3.64. The second kappa shape index (κ2) is 7.36. The van der Waals surface area contributed by atoms with Gasteiger partial charge in [-0.3, -0.25) is 4.79 Å². The number of ether oxygens (including phenoxy) is 1. The number of carbonyl (C=O) groups is 2. The standard InChI is InChI=1S/C18H15ClN2O4/c1-24-18(23)12-7-3-5-9-14(12)20-17(22)16-10-15(21-25-16)11-6-2-4-8-13(11)19/h2-9,16H,10H2,1H3,(H,20,22)/t16-/m0/s1. The Kier molecular flexibility index (Phi) is 5.00. The number of amides is 1. The van der Waals surface area contributed by atoms with Crippen LogP contribution in [0.5, 0.6) is 0 Å². The zero-order valence-electron chi connectivity index (χ0n) is 13.4. The summed E-state index contributed by atoms with van der Waals surface area (Å²) < 4.78 is 4.71. The van der Waals surface area contributed by atoms with Crippen LogP contribution >= 0.6 is 11.6 Å². The van der Waals surface area contributed by atoms with Gasteiger partial charge < -0.3 is 14.9 Å². The monoisotopic (exact) mass is 358 g/mol. The SMILES string of the molecule is COC(=O)c1ccccc1NC(=O)[C@@H]1CC(c2ccccc2Cl)=NO1. The first-order chi connectivity index (χ1) is 12.1. The van der Waals surface area contributed by atoms with Crippen LogP contribution in [0.1, 0.15) is 22.3 Å². The number of benzene rings is 2. The van der Waals surface area contributed by atoms with Crippen LogP contribution in [0, 0.1) is 0 Å². The molecule has 0 spiro atoms. The van der Waals surface area contributed by atoms with Crippen molar-refractivity contribution < 1.29 is 19.2 Å². The van der Waals surface area contributed by atoms with E-state index in [4.69, 9.17) is 21.2 Å². The second-order valence-corrected chi connectivity index (χ2v) is 5.75. The molecule has 0 unspecified atom stereocenters. The highest BCUT2D eigenvalue weighted by molar-refractivity contribution is 6.34. The summed E-state index contributed by atoms with van der Waals surface area (Å²) in [6.07, 6.45) is -0.507. The molecule has 0 aromatic heterocycles. The lowest BCUT2D eigenvalue weighted by Crippen LogP contribution is -2.28. The van der Waals surface area contributed by atoms with Crippen molar-refractivity contribution in [3.8, 4) is 0 Å². The summed E-state index contributed by atoms with van der Waals surface area (Å²) in [5.74, 6) is -0.932. The first kappa shape index (κ1) is 17.0. The van der Waals surface area contributed by atoms with Crippen LogP contribution in [0.25, 0.3) is 0 Å². The number of methoxy groups -OCH3 is 1. The summed E-state index contributed by atoms with van der Waals surface area (Å²) in [6.45, 7) is 0. The molecular weight excluding hydrogens is 344 g/mol. The molecule has 128 valence electrons. The summed E-state index contributed by atoms with van der Waals surface area (Å²) in [6, 6.07) is 13.8. The van der Waals surface area contributed by atoms with E-state index in [2.05, 4.69) is 10.5 Å². The Labute approximate surface area is 149 Å². The van der Waals surface area contributed by atoms with Gasteiger partial charge >= 0.3 is 5.97 Å². The van der Waals surface area contributed by atoms with Gasteiger partial charge in [0.25, 0.3) is 5.91 Å². The number of nitrogens with zero attached hydrogens (tertiary/aromatic N) is 1. The van der Waals surface area contributed by atoms with Crippen molar-refractivity contribution in [2.75, 3.05) is 12.4 Å². The van der Waals surface area contributed by atoms with Gasteiger partial charge in [-0.15, -0.1) is 0 Å². The minimum absolute atomic E-state index is 0.267. The number of rotatable bonds is 4. The van der Waals surface area contributed by atoms with Crippen molar-refractivity contribution in [2.24, 2.45) is 5.16 Å². The van der Waals surface area contributed by atoms with Crippen LogP contribution in [-0.2, 0) is 14.4 Å². The number of hydrogen-bond acceptors (Lipinski definition) is 5. The number of nitrogens with one attached hydrogen (secondary N) is 1. The molecule has 1 aliphatic heterocycles. The molecule has 0 fully saturated rings. The molecule has 0 aliphatic carbocycles. The van der Waals surface area contributed by atoms with Gasteiger partial charge in [0.05, 0.1) is 24.1 Å². The third-order valence-corrected chi connectivity index (χ3v) is 4.07. The molecule has 1 atom stereocenters. The zero-order chi connectivity index (χ0) is 17.8. The number of halogens is 1. The Hall–Kier alpha value is -2.86. The lowest BCUT2D eigenvalue weighted by Gasteiger charge is -2.12. The van der Waals surface area contributed by atoms with Crippen LogP contribution in [-0.4, -0.2) is 30.8 Å². The molecule has 1 amide bonds. The topological polar surface area (TPSA) is 77.0 Å². The molecule has 1 aliphatic rings. The Morgan fingerprint density at radius 3 is 2.68 bits per heavy atom. The largest absolute Gasteiger partial charge is 0.465 e. The average molecular weight is 359 g/mol. The van der Waals surface area contributed by atoms with Gasteiger partial charge in [0.15, 0.2) is 0 Å². The summed E-state index contributed by atoms with van der Waals surface area (Å²) in [7, 11) is 1.28. The van der Waals surface area contributed by atoms with Crippen LogP contribution in [0.4, 0.5) is 5.69 Å². The van der Waals surface area contributed by atoms with Crippen LogP contribution in [0.2, 0.25) is 5.02 Å². The highest BCUT2D eigenvalue weighted by Gasteiger charge is 2.30. The normalized spacial score (nSPS) is 15.9. The zero-order valence-corrected chi connectivity index (χ0v) is 14.1. The van der Waals surface area contributed by atoms with Gasteiger partial charge in [0.2, 0.25) is 6.10 Å². The quantitative estimate of drug-likeness (QED) is 0.851. The maximum absolute atomic E-state index is 12.4. The highest BCUT2D eigenvalue weighted by atomic mass is 35.5. The molecule has 0 radical (unpaired) electrons. The number of esters is 1. The van der Waals surface area contributed by atoms with E-state index in [0.717, 1.165) is 5.56 Å². The molecule has 2 aromatic carbocycles. The summed E-state index contributed by atoms with van der Waals surface area (Å²) in [5.41, 5.74) is 1.96. The lowest BCUT2D eigenvalue weighted by atomic mass is 10.0. The van der Waals surface area contributed by atoms with E-state index in [-0.39, 0.29) is 12.0 Å². The average Bonchev–Trinajstić information content (AvgIpc) is 3.12. The molecule has 6 nitrogen and oxygen atoms in total. The van der Waals surface area contributed by atoms with Crippen molar-refractivity contribution in [1.29, 1.82) is 0 Å². The van der Waals surface area contributed by atoms with E-state index in [1.807, 2.05) is 18.2 Å². The van der Waals surface area contributed by atoms with Crippen LogP contribution in [0.15, 0.2) is 53.7 Å². The minimum Gasteiger partial charge on any atom is -0.465 e. The third-order valence-electron chi connectivity index (χ3n) is 3.74. The van der Waals surface area contributed by atoms with Crippen LogP contribution in [0.3, 0.4) is 0 Å². The molecule has 25 heavy (non-hydrogen) atoms. The van der Waals surface area contributed by atoms with Crippen molar-refractivity contribution >= 4 is 34.9 Å². The molecule has 1 heterocycles. The van der Waals surface area contributed by atoms with Crippen molar-refractivity contribution in [3.63, 3.8) is 0 Å². The van der Waals surface area contributed by atoms with Gasteiger partial charge in [-0.2, -0.15) is 0 Å². The second-order valence-electron chi connectivity index (χ2n) is 5.34. The minimum atomic E-state index is -0.794. The van der Waals surface area contributed by atoms with Gasteiger partial charge in [-0.05, 0) is 18.2 Å². The van der Waals surface area contributed by atoms with E-state index < -0.39 is 18.0 Å². The summed E-state index contributed by atoms with van der Waals surface area (Å²) in [4.78, 5) is 29.5. The van der Waals surface area contributed by atoms with E-state index in [9.17, 15) is 9.59 Å². The molecule has 2 aromatic rings. The Balaban J connectivity index is 1.71. The van der Waals surface area contributed by atoms with E-state index in [0.29, 0.717) is 16.4 Å². The van der Waals surface area contributed by atoms with Crippen molar-refractivity contribution in [1.82, 2.24) is 0 Å². The first-order valence-corrected chi connectivity index (χ1v) is 7.93. The fraction of sp³-hybridized carbons (Fsp3) is 0.167.